The maximum atomic E-state index is 11.2. The van der Waals surface area contributed by atoms with Crippen LogP contribution in [0.15, 0.2) is 12.3 Å². The SMILES string of the molecule is COC(=O)c1cc2c(C)[nH]nc2cn1. The first-order chi connectivity index (χ1) is 6.72. The molecule has 0 saturated heterocycles. The number of carbonyl (C=O) groups excluding carboxylic acids is 1. The van der Waals surface area contributed by atoms with Crippen molar-refractivity contribution in [3.05, 3.63) is 23.7 Å². The molecule has 0 aliphatic carbocycles. The quantitative estimate of drug-likeness (QED) is 0.684. The van der Waals surface area contributed by atoms with Crippen LogP contribution >= 0.6 is 0 Å². The van der Waals surface area contributed by atoms with Crippen LogP contribution in [-0.2, 0) is 4.74 Å². The van der Waals surface area contributed by atoms with Gasteiger partial charge in [0.05, 0.1) is 13.3 Å². The number of aryl methyl sites for hydroxylation is 1. The zero-order valence-corrected chi connectivity index (χ0v) is 7.87. The number of hydrogen-bond acceptors (Lipinski definition) is 4. The summed E-state index contributed by atoms with van der Waals surface area (Å²) < 4.78 is 4.57. The topological polar surface area (TPSA) is 67.9 Å². The molecule has 0 aliphatic heterocycles. The lowest BCUT2D eigenvalue weighted by molar-refractivity contribution is 0.0594. The number of rotatable bonds is 1. The molecule has 2 rings (SSSR count). The number of H-pyrrole nitrogens is 1. The number of pyridine rings is 1. The lowest BCUT2D eigenvalue weighted by atomic mass is 10.2. The average molecular weight is 191 g/mol. The van der Waals surface area contributed by atoms with Gasteiger partial charge in [0.15, 0.2) is 0 Å². The molecule has 0 bridgehead atoms. The van der Waals surface area contributed by atoms with E-state index in [1.165, 1.54) is 7.11 Å². The van der Waals surface area contributed by atoms with Gasteiger partial charge in [0, 0.05) is 11.1 Å². The molecule has 2 aromatic rings. The van der Waals surface area contributed by atoms with Crippen molar-refractivity contribution in [2.45, 2.75) is 6.92 Å². The number of aromatic nitrogens is 3. The summed E-state index contributed by atoms with van der Waals surface area (Å²) >= 11 is 0. The smallest absolute Gasteiger partial charge is 0.356 e. The first-order valence-corrected chi connectivity index (χ1v) is 4.11. The predicted molar refractivity (Wildman–Crippen MR) is 50.0 cm³/mol. The number of hydrogen-bond donors (Lipinski definition) is 1. The number of nitrogens with zero attached hydrogens (tertiary/aromatic N) is 2. The van der Waals surface area contributed by atoms with Crippen molar-refractivity contribution in [1.82, 2.24) is 15.2 Å². The van der Waals surface area contributed by atoms with Gasteiger partial charge in [-0.1, -0.05) is 0 Å². The Bertz CT molecular complexity index is 490. The number of nitrogens with one attached hydrogen (secondary N) is 1. The molecule has 5 heteroatoms. The van der Waals surface area contributed by atoms with Gasteiger partial charge in [-0.15, -0.1) is 0 Å². The lowest BCUT2D eigenvalue weighted by Gasteiger charge is -1.97. The molecule has 5 nitrogen and oxygen atoms in total. The molecule has 0 spiro atoms. The first-order valence-electron chi connectivity index (χ1n) is 4.11. The minimum Gasteiger partial charge on any atom is -0.464 e. The van der Waals surface area contributed by atoms with Crippen LogP contribution in [0.5, 0.6) is 0 Å². The molecule has 72 valence electrons. The molecule has 0 unspecified atom stereocenters. The zero-order chi connectivity index (χ0) is 10.1. The van der Waals surface area contributed by atoms with E-state index in [2.05, 4.69) is 19.9 Å². The highest BCUT2D eigenvalue weighted by Gasteiger charge is 2.09. The predicted octanol–water partition coefficient (Wildman–Crippen LogP) is 1.05. The highest BCUT2D eigenvalue weighted by Crippen LogP contribution is 2.15. The van der Waals surface area contributed by atoms with Crippen molar-refractivity contribution >= 4 is 16.9 Å². The minimum absolute atomic E-state index is 0.296. The Morgan fingerprint density at radius 1 is 1.57 bits per heavy atom. The molecule has 2 aromatic heterocycles. The van der Waals surface area contributed by atoms with Gasteiger partial charge in [-0.2, -0.15) is 5.10 Å². The van der Waals surface area contributed by atoms with Crippen LogP contribution in [0.25, 0.3) is 10.9 Å². The molecule has 2 heterocycles. The molecule has 0 aromatic carbocycles. The van der Waals surface area contributed by atoms with E-state index >= 15 is 0 Å². The summed E-state index contributed by atoms with van der Waals surface area (Å²) in [6, 6.07) is 1.67. The molecule has 0 amide bonds. The van der Waals surface area contributed by atoms with Gasteiger partial charge < -0.3 is 4.74 Å². The Kier molecular flexibility index (Phi) is 1.92. The van der Waals surface area contributed by atoms with Crippen LogP contribution in [-0.4, -0.2) is 28.3 Å². The Balaban J connectivity index is 2.60. The summed E-state index contributed by atoms with van der Waals surface area (Å²) in [5, 5.41) is 7.71. The number of fused-ring (bicyclic) bond motifs is 1. The number of aromatic amines is 1. The number of carbonyl (C=O) groups is 1. The fourth-order valence-electron chi connectivity index (χ4n) is 1.26. The summed E-state index contributed by atoms with van der Waals surface area (Å²) in [4.78, 5) is 15.1. The van der Waals surface area contributed by atoms with Gasteiger partial charge >= 0.3 is 5.97 Å². The Labute approximate surface area is 80.1 Å². The van der Waals surface area contributed by atoms with Crippen LogP contribution < -0.4 is 0 Å². The normalized spacial score (nSPS) is 10.4. The monoisotopic (exact) mass is 191 g/mol. The van der Waals surface area contributed by atoms with Crippen molar-refractivity contribution in [1.29, 1.82) is 0 Å². The van der Waals surface area contributed by atoms with E-state index in [0.717, 1.165) is 16.6 Å². The lowest BCUT2D eigenvalue weighted by Crippen LogP contribution is -2.03. The third-order valence-electron chi connectivity index (χ3n) is 2.03. The summed E-state index contributed by atoms with van der Waals surface area (Å²) in [6.07, 6.45) is 1.55. The fourth-order valence-corrected chi connectivity index (χ4v) is 1.26. The van der Waals surface area contributed by atoms with Gasteiger partial charge in [-0.05, 0) is 13.0 Å². The Morgan fingerprint density at radius 2 is 2.36 bits per heavy atom. The Hall–Kier alpha value is -1.91. The van der Waals surface area contributed by atoms with Gasteiger partial charge in [-0.25, -0.2) is 9.78 Å². The van der Waals surface area contributed by atoms with Gasteiger partial charge in [0.1, 0.15) is 11.2 Å². The van der Waals surface area contributed by atoms with E-state index in [4.69, 9.17) is 0 Å². The van der Waals surface area contributed by atoms with Crippen LogP contribution in [0.2, 0.25) is 0 Å². The van der Waals surface area contributed by atoms with Gasteiger partial charge in [0.25, 0.3) is 0 Å². The second-order valence-electron chi connectivity index (χ2n) is 2.93. The van der Waals surface area contributed by atoms with Crippen molar-refractivity contribution in [3.63, 3.8) is 0 Å². The van der Waals surface area contributed by atoms with Crippen LogP contribution in [0.1, 0.15) is 16.2 Å². The van der Waals surface area contributed by atoms with Crippen molar-refractivity contribution in [2.24, 2.45) is 0 Å². The minimum atomic E-state index is -0.437. The second-order valence-corrected chi connectivity index (χ2v) is 2.93. The van der Waals surface area contributed by atoms with E-state index in [9.17, 15) is 4.79 Å². The van der Waals surface area contributed by atoms with E-state index < -0.39 is 5.97 Å². The number of methoxy groups -OCH3 is 1. The molecular formula is C9H9N3O2. The maximum absolute atomic E-state index is 11.2. The average Bonchev–Trinajstić information content (AvgIpc) is 2.59. The van der Waals surface area contributed by atoms with Crippen LogP contribution in [0.4, 0.5) is 0 Å². The second kappa shape index (κ2) is 3.10. The molecule has 0 aliphatic rings. The summed E-state index contributed by atoms with van der Waals surface area (Å²) in [5.74, 6) is -0.437. The largest absolute Gasteiger partial charge is 0.464 e. The van der Waals surface area contributed by atoms with Crippen LogP contribution in [0, 0.1) is 6.92 Å². The van der Waals surface area contributed by atoms with Crippen molar-refractivity contribution in [3.8, 4) is 0 Å². The van der Waals surface area contributed by atoms with Crippen molar-refractivity contribution in [2.75, 3.05) is 7.11 Å². The molecule has 14 heavy (non-hydrogen) atoms. The van der Waals surface area contributed by atoms with Gasteiger partial charge in [-0.3, -0.25) is 5.10 Å². The number of esters is 1. The summed E-state index contributed by atoms with van der Waals surface area (Å²) in [6.45, 7) is 1.89. The molecule has 0 saturated carbocycles. The van der Waals surface area contributed by atoms with Gasteiger partial charge in [0.2, 0.25) is 0 Å². The number of ether oxygens (including phenoxy) is 1. The summed E-state index contributed by atoms with van der Waals surface area (Å²) in [7, 11) is 1.33. The highest BCUT2D eigenvalue weighted by atomic mass is 16.5. The van der Waals surface area contributed by atoms with E-state index in [0.29, 0.717) is 5.69 Å². The molecule has 0 radical (unpaired) electrons. The summed E-state index contributed by atoms with van der Waals surface area (Å²) in [5.41, 5.74) is 1.95. The highest BCUT2D eigenvalue weighted by molar-refractivity contribution is 5.92. The maximum Gasteiger partial charge on any atom is 0.356 e. The van der Waals surface area contributed by atoms with E-state index in [-0.39, 0.29) is 0 Å². The van der Waals surface area contributed by atoms with Crippen molar-refractivity contribution < 1.29 is 9.53 Å². The zero-order valence-electron chi connectivity index (χ0n) is 7.87. The molecule has 0 atom stereocenters. The van der Waals surface area contributed by atoms with E-state index in [1.54, 1.807) is 12.3 Å². The van der Waals surface area contributed by atoms with E-state index in [1.807, 2.05) is 6.92 Å². The fraction of sp³-hybridized carbons (Fsp3) is 0.222. The molecule has 0 fully saturated rings. The molecule has 1 N–H and O–H groups in total. The van der Waals surface area contributed by atoms with Crippen LogP contribution in [0.3, 0.4) is 0 Å². The standard InChI is InChI=1S/C9H9N3O2/c1-5-6-3-7(9(13)14-2)10-4-8(6)12-11-5/h3-4H,1-2H3,(H,11,12). The Morgan fingerprint density at radius 3 is 3.07 bits per heavy atom. The third kappa shape index (κ3) is 1.22. The first kappa shape index (κ1) is 8.68. The molecular weight excluding hydrogens is 182 g/mol. The third-order valence-corrected chi connectivity index (χ3v) is 2.03.